The number of methoxy groups -OCH3 is 1. The van der Waals surface area contributed by atoms with Crippen molar-refractivity contribution < 1.29 is 4.74 Å². The number of fused-ring (bicyclic) bond motifs is 1. The fourth-order valence-electron chi connectivity index (χ4n) is 2.32. The molecule has 0 saturated heterocycles. The van der Waals surface area contributed by atoms with Gasteiger partial charge in [-0.2, -0.15) is 0 Å². The summed E-state index contributed by atoms with van der Waals surface area (Å²) < 4.78 is 5.25. The van der Waals surface area contributed by atoms with Crippen LogP contribution in [-0.2, 0) is 6.54 Å². The van der Waals surface area contributed by atoms with Crippen molar-refractivity contribution in [3.05, 3.63) is 47.2 Å². The summed E-state index contributed by atoms with van der Waals surface area (Å²) in [5.74, 6) is 1.95. The quantitative estimate of drug-likeness (QED) is 0.710. The van der Waals surface area contributed by atoms with Gasteiger partial charge in [-0.05, 0) is 24.6 Å². The molecule has 6 nitrogen and oxygen atoms in total. The molecule has 2 N–H and O–H groups in total. The van der Waals surface area contributed by atoms with E-state index in [-0.39, 0.29) is 0 Å². The number of hydrogen-bond donors (Lipinski definition) is 2. The Balaban J connectivity index is 1.96. The molecule has 0 spiro atoms. The Morgan fingerprint density at radius 3 is 2.54 bits per heavy atom. The molecule has 1 aromatic carbocycles. The highest BCUT2D eigenvalue weighted by atomic mass is 35.5. The Labute approximate surface area is 145 Å². The summed E-state index contributed by atoms with van der Waals surface area (Å²) in [6.45, 7) is 3.36. The van der Waals surface area contributed by atoms with E-state index in [0.29, 0.717) is 34.5 Å². The van der Waals surface area contributed by atoms with Gasteiger partial charge in [-0.3, -0.25) is 4.98 Å². The maximum atomic E-state index is 6.19. The van der Waals surface area contributed by atoms with Gasteiger partial charge in [0.1, 0.15) is 5.75 Å². The van der Waals surface area contributed by atoms with Crippen LogP contribution in [0, 0.1) is 0 Å². The van der Waals surface area contributed by atoms with Gasteiger partial charge in [0, 0.05) is 31.5 Å². The predicted octanol–water partition coefficient (Wildman–Crippen LogP) is 3.73. The van der Waals surface area contributed by atoms with E-state index in [1.54, 1.807) is 25.4 Å². The number of benzene rings is 1. The smallest absolute Gasteiger partial charge is 0.170 e. The molecule has 2 heterocycles. The third-order valence-electron chi connectivity index (χ3n) is 3.46. The number of pyridine rings is 1. The normalized spacial score (nSPS) is 10.6. The minimum Gasteiger partial charge on any atom is -0.495 e. The van der Waals surface area contributed by atoms with Crippen molar-refractivity contribution >= 4 is 34.3 Å². The summed E-state index contributed by atoms with van der Waals surface area (Å²) in [4.78, 5) is 13.4. The molecule has 3 aromatic rings. The van der Waals surface area contributed by atoms with Gasteiger partial charge in [0.15, 0.2) is 11.6 Å². The second-order valence-electron chi connectivity index (χ2n) is 5.14. The van der Waals surface area contributed by atoms with Gasteiger partial charge in [-0.15, -0.1) is 0 Å². The molecule has 2 aromatic heterocycles. The van der Waals surface area contributed by atoms with E-state index in [1.807, 2.05) is 25.3 Å². The maximum absolute atomic E-state index is 6.19. The number of hydrogen-bond acceptors (Lipinski definition) is 6. The Morgan fingerprint density at radius 2 is 1.88 bits per heavy atom. The summed E-state index contributed by atoms with van der Waals surface area (Å²) in [7, 11) is 1.58. The zero-order chi connectivity index (χ0) is 16.9. The van der Waals surface area contributed by atoms with Crippen molar-refractivity contribution in [2.45, 2.75) is 13.5 Å². The van der Waals surface area contributed by atoms with Crippen molar-refractivity contribution in [3.63, 3.8) is 0 Å². The van der Waals surface area contributed by atoms with Crippen LogP contribution in [0.25, 0.3) is 11.0 Å². The standard InChI is InChI=1S/C17H18ClN5O/c1-3-20-16-17(21-10-11-5-4-6-19-9-11)22-13-7-12(18)15(24-2)8-14(13)23-16/h4-9H,3,10H2,1-2H3,(H,20,23)(H,21,22). The first-order valence-electron chi connectivity index (χ1n) is 7.63. The van der Waals surface area contributed by atoms with Crippen LogP contribution in [0.15, 0.2) is 36.7 Å². The van der Waals surface area contributed by atoms with Crippen molar-refractivity contribution in [1.82, 2.24) is 15.0 Å². The molecule has 0 saturated carbocycles. The molecule has 7 heteroatoms. The monoisotopic (exact) mass is 343 g/mol. The van der Waals surface area contributed by atoms with Crippen molar-refractivity contribution in [1.29, 1.82) is 0 Å². The van der Waals surface area contributed by atoms with E-state index in [0.717, 1.165) is 17.6 Å². The molecule has 0 aliphatic rings. The molecule has 124 valence electrons. The first-order valence-corrected chi connectivity index (χ1v) is 8.01. The zero-order valence-electron chi connectivity index (χ0n) is 13.5. The van der Waals surface area contributed by atoms with Crippen LogP contribution in [0.2, 0.25) is 5.02 Å². The van der Waals surface area contributed by atoms with E-state index < -0.39 is 0 Å². The number of anilines is 2. The first-order chi connectivity index (χ1) is 11.7. The van der Waals surface area contributed by atoms with Crippen LogP contribution in [0.5, 0.6) is 5.75 Å². The van der Waals surface area contributed by atoms with Crippen molar-refractivity contribution in [2.75, 3.05) is 24.3 Å². The minimum absolute atomic E-state index is 0.508. The molecular formula is C17H18ClN5O. The van der Waals surface area contributed by atoms with Crippen LogP contribution < -0.4 is 15.4 Å². The van der Waals surface area contributed by atoms with E-state index in [1.165, 1.54) is 0 Å². The highest BCUT2D eigenvalue weighted by Gasteiger charge is 2.11. The van der Waals surface area contributed by atoms with Gasteiger partial charge in [-0.1, -0.05) is 17.7 Å². The van der Waals surface area contributed by atoms with E-state index in [4.69, 9.17) is 16.3 Å². The van der Waals surface area contributed by atoms with E-state index in [9.17, 15) is 0 Å². The number of ether oxygens (including phenoxy) is 1. The number of aromatic nitrogens is 3. The average Bonchev–Trinajstić information content (AvgIpc) is 2.61. The molecule has 0 bridgehead atoms. The molecule has 0 radical (unpaired) electrons. The Hall–Kier alpha value is -2.60. The number of rotatable bonds is 6. The second-order valence-corrected chi connectivity index (χ2v) is 5.55. The third-order valence-corrected chi connectivity index (χ3v) is 3.76. The molecule has 24 heavy (non-hydrogen) atoms. The van der Waals surface area contributed by atoms with Crippen LogP contribution in [-0.4, -0.2) is 28.6 Å². The van der Waals surface area contributed by atoms with Crippen LogP contribution in [0.1, 0.15) is 12.5 Å². The summed E-state index contributed by atoms with van der Waals surface area (Å²) >= 11 is 6.19. The second kappa shape index (κ2) is 7.31. The van der Waals surface area contributed by atoms with Gasteiger partial charge in [-0.25, -0.2) is 9.97 Å². The number of halogens is 1. The molecule has 0 fully saturated rings. The van der Waals surface area contributed by atoms with E-state index >= 15 is 0 Å². The SMILES string of the molecule is CCNc1nc2cc(OC)c(Cl)cc2nc1NCc1cccnc1. The predicted molar refractivity (Wildman–Crippen MR) is 96.8 cm³/mol. The molecule has 0 unspecified atom stereocenters. The van der Waals surface area contributed by atoms with Gasteiger partial charge < -0.3 is 15.4 Å². The maximum Gasteiger partial charge on any atom is 0.170 e. The molecule has 3 rings (SSSR count). The summed E-state index contributed by atoms with van der Waals surface area (Å²) in [5, 5.41) is 7.04. The van der Waals surface area contributed by atoms with Gasteiger partial charge in [0.25, 0.3) is 0 Å². The average molecular weight is 344 g/mol. The van der Waals surface area contributed by atoms with Gasteiger partial charge >= 0.3 is 0 Å². The number of nitrogens with zero attached hydrogens (tertiary/aromatic N) is 3. The lowest BCUT2D eigenvalue weighted by Gasteiger charge is -2.13. The number of nitrogens with one attached hydrogen (secondary N) is 2. The molecular weight excluding hydrogens is 326 g/mol. The molecule has 0 aliphatic heterocycles. The molecule has 0 atom stereocenters. The largest absolute Gasteiger partial charge is 0.495 e. The molecule has 0 amide bonds. The fraction of sp³-hybridized carbons (Fsp3) is 0.235. The zero-order valence-corrected chi connectivity index (χ0v) is 14.3. The Bertz CT molecular complexity index is 841. The van der Waals surface area contributed by atoms with Gasteiger partial charge in [0.05, 0.1) is 23.2 Å². The summed E-state index contributed by atoms with van der Waals surface area (Å²) in [6.07, 6.45) is 3.56. The van der Waals surface area contributed by atoms with Crippen LogP contribution in [0.4, 0.5) is 11.6 Å². The fourth-order valence-corrected chi connectivity index (χ4v) is 2.55. The topological polar surface area (TPSA) is 72.0 Å². The lowest BCUT2D eigenvalue weighted by atomic mass is 10.2. The third kappa shape index (κ3) is 3.49. The van der Waals surface area contributed by atoms with Gasteiger partial charge in [0.2, 0.25) is 0 Å². The summed E-state index contributed by atoms with van der Waals surface area (Å²) in [5.41, 5.74) is 2.49. The van der Waals surface area contributed by atoms with Crippen molar-refractivity contribution in [3.8, 4) is 5.75 Å². The Morgan fingerprint density at radius 1 is 1.12 bits per heavy atom. The first kappa shape index (κ1) is 16.3. The van der Waals surface area contributed by atoms with Crippen LogP contribution >= 0.6 is 11.6 Å². The highest BCUT2D eigenvalue weighted by molar-refractivity contribution is 6.32. The summed E-state index contributed by atoms with van der Waals surface area (Å²) in [6, 6.07) is 7.45. The Kier molecular flexibility index (Phi) is 4.96. The lowest BCUT2D eigenvalue weighted by Crippen LogP contribution is -2.09. The van der Waals surface area contributed by atoms with E-state index in [2.05, 4.69) is 25.6 Å². The van der Waals surface area contributed by atoms with Crippen LogP contribution in [0.3, 0.4) is 0 Å². The highest BCUT2D eigenvalue weighted by Crippen LogP contribution is 2.30. The van der Waals surface area contributed by atoms with Crippen molar-refractivity contribution in [2.24, 2.45) is 0 Å². The molecule has 0 aliphatic carbocycles. The lowest BCUT2D eigenvalue weighted by molar-refractivity contribution is 0.415. The minimum atomic E-state index is 0.508.